The molecule has 0 bridgehead atoms. The Kier molecular flexibility index (Phi) is 5.44. The molecule has 1 amide bonds. The summed E-state index contributed by atoms with van der Waals surface area (Å²) in [7, 11) is 0. The van der Waals surface area contributed by atoms with Crippen molar-refractivity contribution in [1.29, 1.82) is 0 Å². The van der Waals surface area contributed by atoms with Crippen molar-refractivity contribution < 1.29 is 15.0 Å². The molecule has 0 atom stereocenters. The number of rotatable bonds is 5. The predicted octanol–water partition coefficient (Wildman–Crippen LogP) is 2.14. The average Bonchev–Trinajstić information content (AvgIpc) is 2.49. The average molecular weight is 292 g/mol. The SMILES string of the molecule is CCCNC1CCC(NC(=O)c2ccc(O)c(O)c2)CC1. The van der Waals surface area contributed by atoms with Gasteiger partial charge in [-0.15, -0.1) is 0 Å². The molecule has 2 rings (SSSR count). The minimum atomic E-state index is -0.268. The smallest absolute Gasteiger partial charge is 0.251 e. The number of benzene rings is 1. The van der Waals surface area contributed by atoms with Gasteiger partial charge in [0, 0.05) is 17.6 Å². The molecule has 0 saturated heterocycles. The molecule has 0 unspecified atom stereocenters. The van der Waals surface area contributed by atoms with Gasteiger partial charge in [-0.2, -0.15) is 0 Å². The summed E-state index contributed by atoms with van der Waals surface area (Å²) >= 11 is 0. The Balaban J connectivity index is 1.82. The zero-order chi connectivity index (χ0) is 15.2. The number of carbonyl (C=O) groups is 1. The zero-order valence-electron chi connectivity index (χ0n) is 12.4. The summed E-state index contributed by atoms with van der Waals surface area (Å²) in [6, 6.07) is 4.89. The number of hydrogen-bond donors (Lipinski definition) is 4. The van der Waals surface area contributed by atoms with Gasteiger partial charge < -0.3 is 20.8 Å². The Morgan fingerprint density at radius 1 is 1.14 bits per heavy atom. The highest BCUT2D eigenvalue weighted by Gasteiger charge is 2.22. The standard InChI is InChI=1S/C16H24N2O3/c1-2-9-17-12-4-6-13(7-5-12)18-16(21)11-3-8-14(19)15(20)10-11/h3,8,10,12-13,17,19-20H,2,4-7,9H2,1H3,(H,18,21). The van der Waals surface area contributed by atoms with Gasteiger partial charge in [-0.05, 0) is 56.8 Å². The minimum Gasteiger partial charge on any atom is -0.504 e. The summed E-state index contributed by atoms with van der Waals surface area (Å²) in [6.07, 6.45) is 5.23. The van der Waals surface area contributed by atoms with Crippen molar-refractivity contribution >= 4 is 5.91 Å². The zero-order valence-corrected chi connectivity index (χ0v) is 12.4. The molecule has 116 valence electrons. The van der Waals surface area contributed by atoms with Crippen molar-refractivity contribution in [3.8, 4) is 11.5 Å². The summed E-state index contributed by atoms with van der Waals surface area (Å²) in [5.41, 5.74) is 0.372. The van der Waals surface area contributed by atoms with Crippen LogP contribution >= 0.6 is 0 Å². The van der Waals surface area contributed by atoms with E-state index in [0.717, 1.165) is 38.6 Å². The van der Waals surface area contributed by atoms with E-state index in [1.165, 1.54) is 18.2 Å². The van der Waals surface area contributed by atoms with Gasteiger partial charge in [0.25, 0.3) is 5.91 Å². The molecule has 1 aliphatic carbocycles. The second-order valence-electron chi connectivity index (χ2n) is 5.68. The van der Waals surface area contributed by atoms with Gasteiger partial charge in [0.1, 0.15) is 0 Å². The molecule has 5 heteroatoms. The quantitative estimate of drug-likeness (QED) is 0.627. The van der Waals surface area contributed by atoms with E-state index in [9.17, 15) is 15.0 Å². The summed E-state index contributed by atoms with van der Waals surface area (Å²) in [5, 5.41) is 25.2. The molecule has 0 spiro atoms. The fraction of sp³-hybridized carbons (Fsp3) is 0.562. The summed E-state index contributed by atoms with van der Waals surface area (Å²) in [5.74, 6) is -0.681. The first-order valence-corrected chi connectivity index (χ1v) is 7.66. The van der Waals surface area contributed by atoms with E-state index >= 15 is 0 Å². The third kappa shape index (κ3) is 4.36. The fourth-order valence-electron chi connectivity index (χ4n) is 2.72. The maximum atomic E-state index is 12.1. The normalized spacial score (nSPS) is 22.0. The summed E-state index contributed by atoms with van der Waals surface area (Å²) < 4.78 is 0. The van der Waals surface area contributed by atoms with E-state index in [2.05, 4.69) is 17.6 Å². The van der Waals surface area contributed by atoms with Crippen molar-refractivity contribution in [2.75, 3.05) is 6.54 Å². The van der Waals surface area contributed by atoms with Crippen LogP contribution in [0.15, 0.2) is 18.2 Å². The Bertz CT molecular complexity index is 482. The molecule has 0 heterocycles. The highest BCUT2D eigenvalue weighted by atomic mass is 16.3. The van der Waals surface area contributed by atoms with E-state index < -0.39 is 0 Å². The number of amides is 1. The monoisotopic (exact) mass is 292 g/mol. The number of phenolic OH excluding ortho intramolecular Hbond substituents is 2. The van der Waals surface area contributed by atoms with Crippen LogP contribution in [0.4, 0.5) is 0 Å². The van der Waals surface area contributed by atoms with Crippen molar-refractivity contribution in [1.82, 2.24) is 10.6 Å². The van der Waals surface area contributed by atoms with Crippen LogP contribution in [0.5, 0.6) is 11.5 Å². The number of nitrogens with one attached hydrogen (secondary N) is 2. The first kappa shape index (κ1) is 15.6. The van der Waals surface area contributed by atoms with Gasteiger partial charge >= 0.3 is 0 Å². The number of aromatic hydroxyl groups is 2. The molecule has 4 N–H and O–H groups in total. The molecular weight excluding hydrogens is 268 g/mol. The van der Waals surface area contributed by atoms with Crippen LogP contribution in [0.1, 0.15) is 49.4 Å². The molecule has 1 aromatic carbocycles. The largest absolute Gasteiger partial charge is 0.504 e. The van der Waals surface area contributed by atoms with Crippen molar-refractivity contribution in [2.45, 2.75) is 51.1 Å². The van der Waals surface area contributed by atoms with Crippen LogP contribution in [0.2, 0.25) is 0 Å². The maximum absolute atomic E-state index is 12.1. The third-order valence-corrected chi connectivity index (χ3v) is 3.98. The molecule has 0 radical (unpaired) electrons. The van der Waals surface area contributed by atoms with Crippen LogP contribution < -0.4 is 10.6 Å². The van der Waals surface area contributed by atoms with E-state index in [-0.39, 0.29) is 23.4 Å². The van der Waals surface area contributed by atoms with E-state index in [1.807, 2.05) is 0 Å². The van der Waals surface area contributed by atoms with Crippen LogP contribution in [0, 0.1) is 0 Å². The molecule has 1 fully saturated rings. The predicted molar refractivity (Wildman–Crippen MR) is 81.6 cm³/mol. The lowest BCUT2D eigenvalue weighted by molar-refractivity contribution is 0.0924. The van der Waals surface area contributed by atoms with Crippen LogP contribution in [-0.2, 0) is 0 Å². The van der Waals surface area contributed by atoms with Crippen LogP contribution in [0.25, 0.3) is 0 Å². The van der Waals surface area contributed by atoms with Gasteiger partial charge in [0.2, 0.25) is 0 Å². The van der Waals surface area contributed by atoms with Crippen LogP contribution in [0.3, 0.4) is 0 Å². The lowest BCUT2D eigenvalue weighted by Gasteiger charge is -2.29. The Labute approximate surface area is 125 Å². The lowest BCUT2D eigenvalue weighted by atomic mass is 9.91. The minimum absolute atomic E-state index is 0.188. The first-order chi connectivity index (χ1) is 10.1. The molecule has 1 saturated carbocycles. The van der Waals surface area contributed by atoms with Gasteiger partial charge in [-0.1, -0.05) is 6.92 Å². The second-order valence-corrected chi connectivity index (χ2v) is 5.68. The van der Waals surface area contributed by atoms with E-state index in [0.29, 0.717) is 11.6 Å². The van der Waals surface area contributed by atoms with Gasteiger partial charge in [0.15, 0.2) is 11.5 Å². The Hall–Kier alpha value is -1.75. The molecule has 0 aliphatic heterocycles. The van der Waals surface area contributed by atoms with E-state index in [4.69, 9.17) is 0 Å². The number of carbonyl (C=O) groups excluding carboxylic acids is 1. The lowest BCUT2D eigenvalue weighted by Crippen LogP contribution is -2.42. The van der Waals surface area contributed by atoms with Crippen molar-refractivity contribution in [3.05, 3.63) is 23.8 Å². The second kappa shape index (κ2) is 7.31. The number of hydrogen-bond acceptors (Lipinski definition) is 4. The molecule has 0 aromatic heterocycles. The number of phenols is 2. The highest BCUT2D eigenvalue weighted by molar-refractivity contribution is 5.95. The van der Waals surface area contributed by atoms with E-state index in [1.54, 1.807) is 0 Å². The Morgan fingerprint density at radius 3 is 2.43 bits per heavy atom. The highest BCUT2D eigenvalue weighted by Crippen LogP contribution is 2.25. The topological polar surface area (TPSA) is 81.6 Å². The maximum Gasteiger partial charge on any atom is 0.251 e. The van der Waals surface area contributed by atoms with Gasteiger partial charge in [0.05, 0.1) is 0 Å². The fourth-order valence-corrected chi connectivity index (χ4v) is 2.72. The first-order valence-electron chi connectivity index (χ1n) is 7.66. The molecular formula is C16H24N2O3. The van der Waals surface area contributed by atoms with Crippen LogP contribution in [-0.4, -0.2) is 34.7 Å². The molecule has 21 heavy (non-hydrogen) atoms. The van der Waals surface area contributed by atoms with Gasteiger partial charge in [-0.25, -0.2) is 0 Å². The third-order valence-electron chi connectivity index (χ3n) is 3.98. The Morgan fingerprint density at radius 2 is 1.81 bits per heavy atom. The van der Waals surface area contributed by atoms with Crippen molar-refractivity contribution in [3.63, 3.8) is 0 Å². The molecule has 5 nitrogen and oxygen atoms in total. The van der Waals surface area contributed by atoms with Crippen molar-refractivity contribution in [2.24, 2.45) is 0 Å². The van der Waals surface area contributed by atoms with Gasteiger partial charge in [-0.3, -0.25) is 4.79 Å². The molecule has 1 aromatic rings. The molecule has 1 aliphatic rings. The summed E-state index contributed by atoms with van der Waals surface area (Å²) in [4.78, 5) is 12.1. The summed E-state index contributed by atoms with van der Waals surface area (Å²) in [6.45, 7) is 3.21.